The Bertz CT molecular complexity index is 463. The molecule has 0 bridgehead atoms. The minimum Gasteiger partial charge on any atom is -0.353 e. The smallest absolute Gasteiger partial charge is 0.220 e. The molecule has 1 saturated carbocycles. The van der Waals surface area contributed by atoms with Gasteiger partial charge < -0.3 is 10.1 Å². The number of benzene rings is 1. The molecule has 0 aliphatic heterocycles. The van der Waals surface area contributed by atoms with Gasteiger partial charge >= 0.3 is 0 Å². The molecule has 0 saturated heterocycles. The van der Waals surface area contributed by atoms with Crippen molar-refractivity contribution in [2.24, 2.45) is 0 Å². The van der Waals surface area contributed by atoms with E-state index in [1.54, 1.807) is 6.92 Å². The third-order valence-electron chi connectivity index (χ3n) is 4.21. The van der Waals surface area contributed by atoms with Crippen molar-refractivity contribution in [3.05, 3.63) is 35.9 Å². The van der Waals surface area contributed by atoms with Crippen LogP contribution in [0.3, 0.4) is 0 Å². The van der Waals surface area contributed by atoms with E-state index >= 15 is 0 Å². The molecule has 1 fully saturated rings. The lowest BCUT2D eigenvalue weighted by Gasteiger charge is -2.24. The molecule has 21 heavy (non-hydrogen) atoms. The molecule has 0 radical (unpaired) electrons. The van der Waals surface area contributed by atoms with Gasteiger partial charge in [-0.2, -0.15) is 0 Å². The van der Waals surface area contributed by atoms with E-state index in [-0.39, 0.29) is 17.6 Å². The van der Waals surface area contributed by atoms with Crippen LogP contribution in [0.2, 0.25) is 0 Å². The van der Waals surface area contributed by atoms with Gasteiger partial charge in [0.05, 0.1) is 0 Å². The molecule has 2 rings (SSSR count). The van der Waals surface area contributed by atoms with Crippen LogP contribution in [-0.4, -0.2) is 17.7 Å². The summed E-state index contributed by atoms with van der Waals surface area (Å²) in [5.74, 6) is 0.207. The van der Waals surface area contributed by atoms with Gasteiger partial charge in [0.1, 0.15) is 5.78 Å². The van der Waals surface area contributed by atoms with E-state index in [0.29, 0.717) is 18.9 Å². The average Bonchev–Trinajstić information content (AvgIpc) is 2.48. The van der Waals surface area contributed by atoms with Crippen molar-refractivity contribution in [3.8, 4) is 0 Å². The number of nitrogens with one attached hydrogen (secondary N) is 1. The minimum atomic E-state index is -0.00714. The van der Waals surface area contributed by atoms with Crippen LogP contribution < -0.4 is 5.32 Å². The van der Waals surface area contributed by atoms with Crippen molar-refractivity contribution in [3.63, 3.8) is 0 Å². The van der Waals surface area contributed by atoms with Gasteiger partial charge in [0, 0.05) is 18.9 Å². The maximum atomic E-state index is 12.3. The molecule has 3 heteroatoms. The Hall–Kier alpha value is -1.64. The van der Waals surface area contributed by atoms with E-state index in [0.717, 1.165) is 18.4 Å². The summed E-state index contributed by atoms with van der Waals surface area (Å²) >= 11 is 0. The van der Waals surface area contributed by atoms with Crippen molar-refractivity contribution in [2.75, 3.05) is 0 Å². The highest BCUT2D eigenvalue weighted by Gasteiger charge is 2.21. The van der Waals surface area contributed by atoms with Gasteiger partial charge in [-0.15, -0.1) is 0 Å². The predicted molar refractivity (Wildman–Crippen MR) is 84.1 cm³/mol. The maximum Gasteiger partial charge on any atom is 0.220 e. The minimum absolute atomic E-state index is 0.00714. The van der Waals surface area contributed by atoms with Crippen LogP contribution in [0.5, 0.6) is 0 Å². The summed E-state index contributed by atoms with van der Waals surface area (Å²) < 4.78 is 0. The Morgan fingerprint density at radius 1 is 1.10 bits per heavy atom. The lowest BCUT2D eigenvalue weighted by atomic mass is 9.90. The number of hydrogen-bond donors (Lipinski definition) is 1. The fourth-order valence-corrected chi connectivity index (χ4v) is 3.14. The molecule has 1 aliphatic carbocycles. The normalized spacial score (nSPS) is 17.2. The second-order valence-electron chi connectivity index (χ2n) is 6.12. The molecule has 114 valence electrons. The largest absolute Gasteiger partial charge is 0.353 e. The van der Waals surface area contributed by atoms with E-state index in [1.807, 2.05) is 30.3 Å². The standard InChI is InChI=1S/C18H25NO2/c1-14(20)12-16(15-8-4-2-5-9-15)13-18(21)19-17-10-6-3-7-11-17/h2,4-5,8-9,16-17H,3,6-7,10-13H2,1H3,(H,19,21)/t16-/m1/s1. The summed E-state index contributed by atoms with van der Waals surface area (Å²) in [6.07, 6.45) is 6.72. The second-order valence-corrected chi connectivity index (χ2v) is 6.12. The monoisotopic (exact) mass is 287 g/mol. The van der Waals surface area contributed by atoms with Gasteiger partial charge in [-0.1, -0.05) is 49.6 Å². The van der Waals surface area contributed by atoms with E-state index in [4.69, 9.17) is 0 Å². The van der Waals surface area contributed by atoms with Crippen LogP contribution >= 0.6 is 0 Å². The lowest BCUT2D eigenvalue weighted by Crippen LogP contribution is -2.36. The van der Waals surface area contributed by atoms with E-state index in [9.17, 15) is 9.59 Å². The van der Waals surface area contributed by atoms with Crippen LogP contribution in [0.15, 0.2) is 30.3 Å². The van der Waals surface area contributed by atoms with E-state index in [2.05, 4.69) is 5.32 Å². The third kappa shape index (κ3) is 5.33. The third-order valence-corrected chi connectivity index (χ3v) is 4.21. The zero-order chi connectivity index (χ0) is 15.1. The SMILES string of the molecule is CC(=O)C[C@H](CC(=O)NC1CCCCC1)c1ccccc1. The number of Topliss-reactive ketones (excluding diaryl/α,β-unsaturated/α-hetero) is 1. The zero-order valence-electron chi connectivity index (χ0n) is 12.8. The Kier molecular flexibility index (Phi) is 5.97. The van der Waals surface area contributed by atoms with Crippen LogP contribution in [0.4, 0.5) is 0 Å². The number of ketones is 1. The maximum absolute atomic E-state index is 12.3. The predicted octanol–water partition coefficient (Wildman–Crippen LogP) is 3.59. The molecular weight excluding hydrogens is 262 g/mol. The fourth-order valence-electron chi connectivity index (χ4n) is 3.14. The molecule has 1 N–H and O–H groups in total. The topological polar surface area (TPSA) is 46.2 Å². The first-order valence-electron chi connectivity index (χ1n) is 7.99. The van der Waals surface area contributed by atoms with Crippen molar-refractivity contribution in [1.82, 2.24) is 5.32 Å². The molecule has 1 aromatic rings. The molecule has 0 aromatic heterocycles. The van der Waals surface area contributed by atoms with Gasteiger partial charge in [-0.25, -0.2) is 0 Å². The van der Waals surface area contributed by atoms with Crippen molar-refractivity contribution in [2.45, 2.75) is 63.8 Å². The number of rotatable bonds is 6. The molecule has 0 heterocycles. The molecule has 1 aromatic carbocycles. The Labute approximate surface area is 127 Å². The van der Waals surface area contributed by atoms with Gasteiger partial charge in [-0.3, -0.25) is 4.79 Å². The molecule has 0 unspecified atom stereocenters. The van der Waals surface area contributed by atoms with Crippen LogP contribution in [-0.2, 0) is 9.59 Å². The van der Waals surface area contributed by atoms with Crippen molar-refractivity contribution >= 4 is 11.7 Å². The van der Waals surface area contributed by atoms with Gasteiger partial charge in [0.15, 0.2) is 0 Å². The molecule has 3 nitrogen and oxygen atoms in total. The van der Waals surface area contributed by atoms with Crippen LogP contribution in [0, 0.1) is 0 Å². The zero-order valence-corrected chi connectivity index (χ0v) is 12.8. The molecule has 1 aliphatic rings. The average molecular weight is 287 g/mol. The highest BCUT2D eigenvalue weighted by molar-refractivity contribution is 5.80. The van der Waals surface area contributed by atoms with E-state index < -0.39 is 0 Å². The van der Waals surface area contributed by atoms with Gasteiger partial charge in [0.2, 0.25) is 5.91 Å². The molecule has 1 amide bonds. The first-order chi connectivity index (χ1) is 10.1. The van der Waals surface area contributed by atoms with Crippen LogP contribution in [0.1, 0.15) is 63.4 Å². The highest BCUT2D eigenvalue weighted by atomic mass is 16.1. The van der Waals surface area contributed by atoms with Crippen molar-refractivity contribution in [1.29, 1.82) is 0 Å². The quantitative estimate of drug-likeness (QED) is 0.869. The van der Waals surface area contributed by atoms with Crippen molar-refractivity contribution < 1.29 is 9.59 Å². The first kappa shape index (κ1) is 15.7. The molecule has 1 atom stereocenters. The number of carbonyl (C=O) groups excluding carboxylic acids is 2. The highest BCUT2D eigenvalue weighted by Crippen LogP contribution is 2.24. The van der Waals surface area contributed by atoms with E-state index in [1.165, 1.54) is 19.3 Å². The summed E-state index contributed by atoms with van der Waals surface area (Å²) in [4.78, 5) is 23.7. The Balaban J connectivity index is 1.94. The molecule has 0 spiro atoms. The summed E-state index contributed by atoms with van der Waals surface area (Å²) in [6.45, 7) is 1.59. The fraction of sp³-hybridized carbons (Fsp3) is 0.556. The Morgan fingerprint density at radius 3 is 2.38 bits per heavy atom. The number of hydrogen-bond acceptors (Lipinski definition) is 2. The second kappa shape index (κ2) is 7.96. The summed E-state index contributed by atoms with van der Waals surface area (Å²) in [6, 6.07) is 10.2. The lowest BCUT2D eigenvalue weighted by molar-refractivity contribution is -0.122. The summed E-state index contributed by atoms with van der Waals surface area (Å²) in [5.41, 5.74) is 1.08. The summed E-state index contributed by atoms with van der Waals surface area (Å²) in [5, 5.41) is 3.14. The van der Waals surface area contributed by atoms with Crippen LogP contribution in [0.25, 0.3) is 0 Å². The van der Waals surface area contributed by atoms with Gasteiger partial charge in [0.25, 0.3) is 0 Å². The van der Waals surface area contributed by atoms with Gasteiger partial charge in [-0.05, 0) is 31.2 Å². The Morgan fingerprint density at radius 2 is 1.76 bits per heavy atom. The summed E-state index contributed by atoms with van der Waals surface area (Å²) in [7, 11) is 0. The molecular formula is C18H25NO2. The number of amides is 1. The number of carbonyl (C=O) groups is 2. The first-order valence-corrected chi connectivity index (χ1v) is 7.99.